The number of hydrogen-bond acceptors (Lipinski definition) is 6. The molecule has 0 saturated carbocycles. The summed E-state index contributed by atoms with van der Waals surface area (Å²) in [6, 6.07) is 36.5. The minimum atomic E-state index is 0.280. The summed E-state index contributed by atoms with van der Waals surface area (Å²) >= 11 is 5.95. The van der Waals surface area contributed by atoms with Gasteiger partial charge in [0.1, 0.15) is 0 Å². The third kappa shape index (κ3) is 5.64. The minimum absolute atomic E-state index is 0.280. The molecule has 3 heterocycles. The van der Waals surface area contributed by atoms with Crippen LogP contribution in [0.4, 0.5) is 5.95 Å². The van der Waals surface area contributed by atoms with Crippen molar-refractivity contribution in [2.75, 3.05) is 38.1 Å². The van der Waals surface area contributed by atoms with Crippen molar-refractivity contribution in [3.63, 3.8) is 0 Å². The van der Waals surface area contributed by atoms with Gasteiger partial charge in [-0.15, -0.1) is 0 Å². The first kappa shape index (κ1) is 25.9. The predicted molar refractivity (Wildman–Crippen MR) is 165 cm³/mol. The van der Waals surface area contributed by atoms with Gasteiger partial charge in [0.2, 0.25) is 11.2 Å². The molecule has 1 fully saturated rings. The van der Waals surface area contributed by atoms with Gasteiger partial charge in [-0.25, -0.2) is 19.9 Å². The van der Waals surface area contributed by atoms with E-state index < -0.39 is 0 Å². The highest BCUT2D eigenvalue weighted by Crippen LogP contribution is 2.29. The average Bonchev–Trinajstić information content (AvgIpc) is 3.01. The zero-order valence-corrected chi connectivity index (χ0v) is 23.0. The third-order valence-electron chi connectivity index (χ3n) is 7.05. The first-order valence-electron chi connectivity index (χ1n) is 13.4. The second kappa shape index (κ2) is 11.8. The predicted octanol–water partition coefficient (Wildman–Crippen LogP) is 7.00. The minimum Gasteiger partial charge on any atom is -0.338 e. The first-order chi connectivity index (χ1) is 19.7. The Balaban J connectivity index is 0.000000151. The van der Waals surface area contributed by atoms with Gasteiger partial charge < -0.3 is 9.80 Å². The Bertz CT molecular complexity index is 1740. The van der Waals surface area contributed by atoms with Gasteiger partial charge in [-0.1, -0.05) is 97.1 Å². The molecule has 0 N–H and O–H groups in total. The second-order valence-corrected chi connectivity index (χ2v) is 10.1. The number of rotatable bonds is 3. The Morgan fingerprint density at radius 3 is 1.57 bits per heavy atom. The lowest BCUT2D eigenvalue weighted by Crippen LogP contribution is -2.45. The van der Waals surface area contributed by atoms with Crippen LogP contribution in [0.15, 0.2) is 109 Å². The fraction of sp³-hybridized carbons (Fsp3) is 0.152. The molecule has 0 bridgehead atoms. The van der Waals surface area contributed by atoms with Crippen LogP contribution in [0.25, 0.3) is 44.3 Å². The zero-order chi connectivity index (χ0) is 27.3. The first-order valence-corrected chi connectivity index (χ1v) is 13.8. The van der Waals surface area contributed by atoms with E-state index in [4.69, 9.17) is 21.6 Å². The van der Waals surface area contributed by atoms with E-state index in [0.717, 1.165) is 76.4 Å². The number of aromatic nitrogens is 4. The number of para-hydroxylation sites is 2. The molecule has 40 heavy (non-hydrogen) atoms. The molecule has 198 valence electrons. The maximum Gasteiger partial charge on any atom is 0.226 e. The van der Waals surface area contributed by atoms with Crippen LogP contribution in [0, 0.1) is 0 Å². The Kier molecular flexibility index (Phi) is 7.62. The lowest BCUT2D eigenvalue weighted by molar-refractivity contribution is 0.311. The monoisotopic (exact) mass is 544 g/mol. The van der Waals surface area contributed by atoms with Crippen LogP contribution in [0.3, 0.4) is 0 Å². The van der Waals surface area contributed by atoms with Crippen molar-refractivity contribution in [1.82, 2.24) is 24.8 Å². The molecular formula is C33H29ClN6. The van der Waals surface area contributed by atoms with Crippen LogP contribution in [0.5, 0.6) is 0 Å². The van der Waals surface area contributed by atoms with Crippen molar-refractivity contribution in [2.45, 2.75) is 0 Å². The van der Waals surface area contributed by atoms with E-state index >= 15 is 0 Å². The molecule has 1 aliphatic heterocycles. The van der Waals surface area contributed by atoms with Crippen LogP contribution in [0.2, 0.25) is 5.28 Å². The van der Waals surface area contributed by atoms with Crippen LogP contribution in [-0.4, -0.2) is 58.1 Å². The summed E-state index contributed by atoms with van der Waals surface area (Å²) in [6.45, 7) is 4.06. The fourth-order valence-electron chi connectivity index (χ4n) is 4.89. The van der Waals surface area contributed by atoms with E-state index in [1.165, 1.54) is 0 Å². The second-order valence-electron chi connectivity index (χ2n) is 9.77. The van der Waals surface area contributed by atoms with Crippen molar-refractivity contribution in [1.29, 1.82) is 0 Å². The highest BCUT2D eigenvalue weighted by molar-refractivity contribution is 6.28. The number of anilines is 1. The summed E-state index contributed by atoms with van der Waals surface area (Å²) in [6.07, 6.45) is 0. The van der Waals surface area contributed by atoms with Crippen molar-refractivity contribution in [3.05, 3.63) is 114 Å². The Hall–Kier alpha value is -4.39. The maximum absolute atomic E-state index is 5.95. The number of hydrogen-bond donors (Lipinski definition) is 0. The molecule has 1 saturated heterocycles. The Morgan fingerprint density at radius 1 is 0.525 bits per heavy atom. The van der Waals surface area contributed by atoms with E-state index in [1.54, 1.807) is 0 Å². The smallest absolute Gasteiger partial charge is 0.226 e. The summed E-state index contributed by atoms with van der Waals surface area (Å²) in [7, 11) is 2.16. The lowest BCUT2D eigenvalue weighted by Gasteiger charge is -2.32. The van der Waals surface area contributed by atoms with Gasteiger partial charge in [-0.05, 0) is 30.8 Å². The molecule has 6 aromatic rings. The number of nitrogens with zero attached hydrogens (tertiary/aromatic N) is 6. The summed E-state index contributed by atoms with van der Waals surface area (Å²) in [5.74, 6) is 0.843. The van der Waals surface area contributed by atoms with Crippen molar-refractivity contribution >= 4 is 39.4 Å². The summed E-state index contributed by atoms with van der Waals surface area (Å²) in [5, 5.41) is 2.40. The molecule has 0 amide bonds. The highest BCUT2D eigenvalue weighted by atomic mass is 35.5. The van der Waals surface area contributed by atoms with E-state index in [0.29, 0.717) is 0 Å². The average molecular weight is 545 g/mol. The molecule has 6 nitrogen and oxygen atoms in total. The number of fused-ring (bicyclic) bond motifs is 2. The maximum atomic E-state index is 5.95. The van der Waals surface area contributed by atoms with Gasteiger partial charge in [-0.2, -0.15) is 0 Å². The SMILES string of the molecule is CN1CCN(c2nc(-c3ccccc3)c3ccccc3n2)CC1.Clc1nc(-c2ccccc2)c2ccccc2n1. The van der Waals surface area contributed by atoms with Gasteiger partial charge in [-0.3, -0.25) is 0 Å². The standard InChI is InChI=1S/C19H20N4.C14H9ClN2/c1-22-11-13-23(14-12-22)19-20-17-10-6-5-9-16(17)18(21-19)15-7-3-2-4-8-15;15-14-16-12-9-5-4-8-11(12)13(17-14)10-6-2-1-3-7-10/h2-10H,11-14H2,1H3;1-9H. The van der Waals surface area contributed by atoms with Gasteiger partial charge in [0.15, 0.2) is 0 Å². The zero-order valence-electron chi connectivity index (χ0n) is 22.3. The van der Waals surface area contributed by atoms with Crippen molar-refractivity contribution in [3.8, 4) is 22.5 Å². The molecule has 0 unspecified atom stereocenters. The fourth-order valence-corrected chi connectivity index (χ4v) is 5.07. The molecule has 4 aromatic carbocycles. The van der Waals surface area contributed by atoms with Crippen molar-refractivity contribution in [2.24, 2.45) is 0 Å². The number of likely N-dealkylation sites (N-methyl/N-ethyl adjacent to an activating group) is 1. The largest absolute Gasteiger partial charge is 0.338 e. The van der Waals surface area contributed by atoms with Crippen molar-refractivity contribution < 1.29 is 0 Å². The van der Waals surface area contributed by atoms with E-state index in [2.05, 4.69) is 63.2 Å². The van der Waals surface area contributed by atoms with Crippen LogP contribution < -0.4 is 4.90 Å². The Labute approximate surface area is 238 Å². The molecular weight excluding hydrogens is 516 g/mol. The Morgan fingerprint density at radius 2 is 1.00 bits per heavy atom. The molecule has 7 heteroatoms. The summed E-state index contributed by atoms with van der Waals surface area (Å²) < 4.78 is 0. The molecule has 0 atom stereocenters. The number of piperazine rings is 1. The quantitative estimate of drug-likeness (QED) is 0.224. The van der Waals surface area contributed by atoms with Gasteiger partial charge in [0.25, 0.3) is 0 Å². The van der Waals surface area contributed by atoms with Crippen LogP contribution in [-0.2, 0) is 0 Å². The topological polar surface area (TPSA) is 58.0 Å². The normalized spacial score (nSPS) is 13.7. The summed E-state index contributed by atoms with van der Waals surface area (Å²) in [5.41, 5.74) is 5.96. The summed E-state index contributed by atoms with van der Waals surface area (Å²) in [4.78, 5) is 22.9. The molecule has 0 spiro atoms. The molecule has 2 aromatic heterocycles. The highest BCUT2D eigenvalue weighted by Gasteiger charge is 2.18. The van der Waals surface area contributed by atoms with Gasteiger partial charge in [0.05, 0.1) is 22.4 Å². The third-order valence-corrected chi connectivity index (χ3v) is 7.22. The van der Waals surface area contributed by atoms with E-state index in [9.17, 15) is 0 Å². The lowest BCUT2D eigenvalue weighted by atomic mass is 10.1. The number of halogens is 1. The van der Waals surface area contributed by atoms with Gasteiger partial charge >= 0.3 is 0 Å². The molecule has 0 aliphatic carbocycles. The number of benzene rings is 4. The van der Waals surface area contributed by atoms with E-state index in [-0.39, 0.29) is 5.28 Å². The molecule has 1 aliphatic rings. The molecule has 0 radical (unpaired) electrons. The van der Waals surface area contributed by atoms with Crippen LogP contribution in [0.1, 0.15) is 0 Å². The molecule has 7 rings (SSSR count). The van der Waals surface area contributed by atoms with Gasteiger partial charge in [0, 0.05) is 48.1 Å². The van der Waals surface area contributed by atoms with Crippen LogP contribution >= 0.6 is 11.6 Å². The van der Waals surface area contributed by atoms with E-state index in [1.807, 2.05) is 72.8 Å².